The van der Waals surface area contributed by atoms with Crippen LogP contribution in [0, 0.1) is 20.8 Å². The highest BCUT2D eigenvalue weighted by molar-refractivity contribution is 5.97. The molecule has 0 aliphatic heterocycles. The number of rotatable bonds is 4. The van der Waals surface area contributed by atoms with E-state index in [2.05, 4.69) is 15.3 Å². The zero-order valence-electron chi connectivity index (χ0n) is 13.6. The second-order valence-corrected chi connectivity index (χ2v) is 5.40. The summed E-state index contributed by atoms with van der Waals surface area (Å²) in [7, 11) is 0. The van der Waals surface area contributed by atoms with E-state index < -0.39 is 18.0 Å². The highest BCUT2D eigenvalue weighted by atomic mass is 16.5. The lowest BCUT2D eigenvalue weighted by Crippen LogP contribution is -2.30. The molecule has 6 nitrogen and oxygen atoms in total. The molecule has 1 aromatic heterocycles. The summed E-state index contributed by atoms with van der Waals surface area (Å²) < 4.78 is 5.12. The van der Waals surface area contributed by atoms with Gasteiger partial charge in [0.1, 0.15) is 0 Å². The Morgan fingerprint density at radius 3 is 2.35 bits per heavy atom. The normalized spacial score (nSPS) is 11.7. The predicted octanol–water partition coefficient (Wildman–Crippen LogP) is 2.59. The first-order chi connectivity index (χ1) is 10.9. The van der Waals surface area contributed by atoms with Crippen LogP contribution in [0.1, 0.15) is 34.1 Å². The molecule has 6 heteroatoms. The fourth-order valence-corrected chi connectivity index (χ4v) is 2.28. The van der Waals surface area contributed by atoms with Gasteiger partial charge in [0.15, 0.2) is 11.8 Å². The summed E-state index contributed by atoms with van der Waals surface area (Å²) in [5.41, 5.74) is 3.85. The summed E-state index contributed by atoms with van der Waals surface area (Å²) >= 11 is 0. The van der Waals surface area contributed by atoms with Crippen LogP contribution in [0.4, 0.5) is 5.69 Å². The van der Waals surface area contributed by atoms with E-state index in [1.807, 2.05) is 32.9 Å². The number of carbonyl (C=O) groups is 2. The van der Waals surface area contributed by atoms with Gasteiger partial charge < -0.3 is 10.1 Å². The van der Waals surface area contributed by atoms with Crippen LogP contribution in [0.15, 0.2) is 30.7 Å². The van der Waals surface area contributed by atoms with Gasteiger partial charge in [-0.05, 0) is 38.8 Å². The van der Waals surface area contributed by atoms with E-state index in [4.69, 9.17) is 4.74 Å². The maximum atomic E-state index is 12.2. The first kappa shape index (κ1) is 16.6. The average Bonchev–Trinajstić information content (AvgIpc) is 2.51. The van der Waals surface area contributed by atoms with Crippen LogP contribution in [-0.2, 0) is 9.53 Å². The molecule has 120 valence electrons. The van der Waals surface area contributed by atoms with Gasteiger partial charge in [0.2, 0.25) is 0 Å². The van der Waals surface area contributed by atoms with Gasteiger partial charge >= 0.3 is 5.97 Å². The number of aryl methyl sites for hydroxylation is 3. The summed E-state index contributed by atoms with van der Waals surface area (Å²) in [6, 6.07) is 3.97. The van der Waals surface area contributed by atoms with Crippen LogP contribution < -0.4 is 5.32 Å². The highest BCUT2D eigenvalue weighted by Gasteiger charge is 2.21. The molecule has 0 aliphatic rings. The summed E-state index contributed by atoms with van der Waals surface area (Å²) in [4.78, 5) is 31.8. The molecule has 23 heavy (non-hydrogen) atoms. The smallest absolute Gasteiger partial charge is 0.359 e. The summed E-state index contributed by atoms with van der Waals surface area (Å²) in [5, 5.41) is 2.81. The fourth-order valence-electron chi connectivity index (χ4n) is 2.28. The van der Waals surface area contributed by atoms with Crippen molar-refractivity contribution in [2.24, 2.45) is 0 Å². The molecule has 0 saturated heterocycles. The van der Waals surface area contributed by atoms with Gasteiger partial charge in [-0.2, -0.15) is 0 Å². The van der Waals surface area contributed by atoms with E-state index in [-0.39, 0.29) is 5.69 Å². The Kier molecular flexibility index (Phi) is 5.05. The highest BCUT2D eigenvalue weighted by Crippen LogP contribution is 2.22. The number of nitrogens with zero attached hydrogens (tertiary/aromatic N) is 2. The molecular weight excluding hydrogens is 294 g/mol. The molecule has 0 radical (unpaired) electrons. The third kappa shape index (κ3) is 4.12. The Labute approximate surface area is 134 Å². The SMILES string of the molecule is Cc1cc(C)c(NC(=O)C(C)OC(=O)c2cnccn2)c(C)c1. The van der Waals surface area contributed by atoms with Gasteiger partial charge in [-0.1, -0.05) is 17.7 Å². The number of hydrogen-bond donors (Lipinski definition) is 1. The molecule has 1 amide bonds. The lowest BCUT2D eigenvalue weighted by atomic mass is 10.0. The molecule has 0 aliphatic carbocycles. The van der Waals surface area contributed by atoms with E-state index in [0.717, 1.165) is 22.4 Å². The predicted molar refractivity (Wildman–Crippen MR) is 86.2 cm³/mol. The van der Waals surface area contributed by atoms with Crippen LogP contribution in [0.3, 0.4) is 0 Å². The van der Waals surface area contributed by atoms with Gasteiger partial charge in [-0.25, -0.2) is 9.78 Å². The molecule has 1 heterocycles. The van der Waals surface area contributed by atoms with Crippen molar-refractivity contribution in [3.8, 4) is 0 Å². The van der Waals surface area contributed by atoms with Crippen LogP contribution in [0.25, 0.3) is 0 Å². The molecule has 0 spiro atoms. The number of aromatic nitrogens is 2. The van der Waals surface area contributed by atoms with Gasteiger partial charge in [0.05, 0.1) is 6.20 Å². The molecule has 0 fully saturated rings. The Balaban J connectivity index is 2.05. The molecule has 0 saturated carbocycles. The minimum absolute atomic E-state index is 0.0647. The number of hydrogen-bond acceptors (Lipinski definition) is 5. The van der Waals surface area contributed by atoms with E-state index >= 15 is 0 Å². The summed E-state index contributed by atoms with van der Waals surface area (Å²) in [6.45, 7) is 7.36. The third-order valence-corrected chi connectivity index (χ3v) is 3.35. The van der Waals surface area contributed by atoms with Crippen molar-refractivity contribution in [1.82, 2.24) is 9.97 Å². The monoisotopic (exact) mass is 313 g/mol. The van der Waals surface area contributed by atoms with Crippen molar-refractivity contribution < 1.29 is 14.3 Å². The van der Waals surface area contributed by atoms with E-state index in [1.165, 1.54) is 25.5 Å². The van der Waals surface area contributed by atoms with Gasteiger partial charge in [-0.15, -0.1) is 0 Å². The summed E-state index contributed by atoms with van der Waals surface area (Å²) in [6.07, 6.45) is 3.20. The maximum Gasteiger partial charge on any atom is 0.359 e. The molecular formula is C17H19N3O3. The number of carbonyl (C=O) groups excluding carboxylic acids is 2. The molecule has 1 unspecified atom stereocenters. The van der Waals surface area contributed by atoms with Crippen molar-refractivity contribution in [3.63, 3.8) is 0 Å². The van der Waals surface area contributed by atoms with E-state index in [0.29, 0.717) is 0 Å². The van der Waals surface area contributed by atoms with Crippen LogP contribution >= 0.6 is 0 Å². The number of esters is 1. The van der Waals surface area contributed by atoms with Crippen molar-refractivity contribution in [1.29, 1.82) is 0 Å². The van der Waals surface area contributed by atoms with Crippen LogP contribution in [0.5, 0.6) is 0 Å². The van der Waals surface area contributed by atoms with Crippen LogP contribution in [0.2, 0.25) is 0 Å². The van der Waals surface area contributed by atoms with E-state index in [1.54, 1.807) is 0 Å². The lowest BCUT2D eigenvalue weighted by Gasteiger charge is -2.16. The number of nitrogens with one attached hydrogen (secondary N) is 1. The van der Waals surface area contributed by atoms with Crippen molar-refractivity contribution in [2.45, 2.75) is 33.8 Å². The van der Waals surface area contributed by atoms with Crippen molar-refractivity contribution in [2.75, 3.05) is 5.32 Å². The topological polar surface area (TPSA) is 81.2 Å². The Hall–Kier alpha value is -2.76. The Morgan fingerprint density at radius 1 is 1.13 bits per heavy atom. The lowest BCUT2D eigenvalue weighted by molar-refractivity contribution is -0.123. The maximum absolute atomic E-state index is 12.2. The molecule has 1 atom stereocenters. The first-order valence-electron chi connectivity index (χ1n) is 7.24. The fraction of sp³-hybridized carbons (Fsp3) is 0.294. The average molecular weight is 313 g/mol. The first-order valence-corrected chi connectivity index (χ1v) is 7.24. The standard InChI is InChI=1S/C17H19N3O3/c1-10-7-11(2)15(12(3)8-10)20-16(21)13(4)23-17(22)14-9-18-5-6-19-14/h5-9,13H,1-4H3,(H,20,21). The number of amides is 1. The Bertz CT molecular complexity index is 706. The second-order valence-electron chi connectivity index (χ2n) is 5.40. The van der Waals surface area contributed by atoms with Crippen molar-refractivity contribution in [3.05, 3.63) is 53.1 Å². The number of benzene rings is 1. The van der Waals surface area contributed by atoms with Crippen LogP contribution in [-0.4, -0.2) is 27.9 Å². The minimum Gasteiger partial charge on any atom is -0.448 e. The molecule has 2 rings (SSSR count). The van der Waals surface area contributed by atoms with Gasteiger partial charge in [0.25, 0.3) is 5.91 Å². The van der Waals surface area contributed by atoms with Gasteiger partial charge in [0, 0.05) is 18.1 Å². The minimum atomic E-state index is -0.940. The molecule has 1 N–H and O–H groups in total. The second kappa shape index (κ2) is 7.00. The number of anilines is 1. The Morgan fingerprint density at radius 2 is 1.78 bits per heavy atom. The molecule has 1 aromatic carbocycles. The largest absolute Gasteiger partial charge is 0.448 e. The molecule has 0 bridgehead atoms. The summed E-state index contributed by atoms with van der Waals surface area (Å²) in [5.74, 6) is -1.07. The zero-order valence-corrected chi connectivity index (χ0v) is 13.6. The third-order valence-electron chi connectivity index (χ3n) is 3.35. The van der Waals surface area contributed by atoms with Gasteiger partial charge in [-0.3, -0.25) is 9.78 Å². The molecule has 2 aromatic rings. The van der Waals surface area contributed by atoms with E-state index in [9.17, 15) is 9.59 Å². The quantitative estimate of drug-likeness (QED) is 0.877. The van der Waals surface area contributed by atoms with Crippen molar-refractivity contribution >= 4 is 17.6 Å². The number of ether oxygens (including phenoxy) is 1. The zero-order chi connectivity index (χ0) is 17.0.